The van der Waals surface area contributed by atoms with E-state index < -0.39 is 11.6 Å². The van der Waals surface area contributed by atoms with Gasteiger partial charge in [-0.05, 0) is 29.0 Å². The molecule has 1 rings (SSSR count). The molecule has 0 radical (unpaired) electrons. The maximum absolute atomic E-state index is 13.8. The van der Waals surface area contributed by atoms with Gasteiger partial charge in [0.15, 0.2) is 0 Å². The maximum atomic E-state index is 13.8. The molecule has 84 valence electrons. The van der Waals surface area contributed by atoms with Crippen molar-refractivity contribution < 1.29 is 8.78 Å². The molecule has 0 nitrogen and oxygen atoms in total. The lowest BCUT2D eigenvalue weighted by molar-refractivity contribution is 0.551. The molecule has 0 aromatic heterocycles. The Morgan fingerprint density at radius 1 is 1.00 bits per heavy atom. The van der Waals surface area contributed by atoms with Crippen LogP contribution in [0.4, 0.5) is 8.78 Å². The summed E-state index contributed by atoms with van der Waals surface area (Å²) in [6.45, 7) is 7.36. The van der Waals surface area contributed by atoms with Gasteiger partial charge in [-0.1, -0.05) is 39.3 Å². The van der Waals surface area contributed by atoms with Gasteiger partial charge in [0.1, 0.15) is 11.6 Å². The van der Waals surface area contributed by atoms with E-state index in [0.29, 0.717) is 11.1 Å². The smallest absolute Gasteiger partial charge is 0.145 e. The zero-order valence-corrected chi connectivity index (χ0v) is 10.1. The Kier molecular flexibility index (Phi) is 3.72. The highest BCUT2D eigenvalue weighted by molar-refractivity contribution is 6.30. The minimum atomic E-state index is -0.489. The van der Waals surface area contributed by atoms with Crippen molar-refractivity contribution in [3.8, 4) is 0 Å². The molecular weight excluding hydrogens is 218 g/mol. The van der Waals surface area contributed by atoms with Gasteiger partial charge < -0.3 is 0 Å². The Balaban J connectivity index is 3.54. The molecule has 0 aliphatic heterocycles. The van der Waals surface area contributed by atoms with Crippen LogP contribution in [0.2, 0.25) is 5.02 Å². The van der Waals surface area contributed by atoms with E-state index >= 15 is 0 Å². The molecule has 0 atom stereocenters. The highest BCUT2D eigenvalue weighted by Gasteiger charge is 2.21. The predicted octanol–water partition coefficient (Wildman–Crippen LogP) is 4.87. The normalized spacial score (nSPS) is 11.5. The molecule has 0 bridgehead atoms. The van der Waals surface area contributed by atoms with E-state index in [4.69, 9.17) is 11.6 Å². The summed E-state index contributed by atoms with van der Waals surface area (Å²) < 4.78 is 27.4. The van der Waals surface area contributed by atoms with Crippen molar-refractivity contribution in [3.63, 3.8) is 0 Å². The monoisotopic (exact) mass is 232 g/mol. The van der Waals surface area contributed by atoms with Gasteiger partial charge in [0.05, 0.1) is 5.02 Å². The van der Waals surface area contributed by atoms with Crippen LogP contribution in [0.3, 0.4) is 0 Å². The van der Waals surface area contributed by atoms with Crippen molar-refractivity contribution >= 4 is 11.6 Å². The number of halogens is 3. The van der Waals surface area contributed by atoms with Crippen LogP contribution in [-0.2, 0) is 0 Å². The topological polar surface area (TPSA) is 0 Å². The van der Waals surface area contributed by atoms with Crippen LogP contribution in [-0.4, -0.2) is 0 Å². The van der Waals surface area contributed by atoms with Crippen LogP contribution in [0, 0.1) is 11.6 Å². The molecule has 0 N–H and O–H groups in total. The molecule has 15 heavy (non-hydrogen) atoms. The third-order valence-electron chi connectivity index (χ3n) is 2.40. The molecule has 0 unspecified atom stereocenters. The second kappa shape index (κ2) is 4.48. The Morgan fingerprint density at radius 3 is 1.87 bits per heavy atom. The second-order valence-corrected chi connectivity index (χ2v) is 4.70. The van der Waals surface area contributed by atoms with E-state index in [0.717, 1.165) is 6.07 Å². The lowest BCUT2D eigenvalue weighted by atomic mass is 9.89. The van der Waals surface area contributed by atoms with Gasteiger partial charge in [-0.3, -0.25) is 0 Å². The average molecular weight is 233 g/mol. The van der Waals surface area contributed by atoms with E-state index in [1.165, 1.54) is 0 Å². The molecule has 1 aromatic rings. The summed E-state index contributed by atoms with van der Waals surface area (Å²) in [6, 6.07) is 1.05. The Hall–Kier alpha value is -0.630. The molecule has 0 spiro atoms. The van der Waals surface area contributed by atoms with Crippen LogP contribution in [0.1, 0.15) is 50.7 Å². The van der Waals surface area contributed by atoms with Gasteiger partial charge in [0, 0.05) is 0 Å². The predicted molar refractivity (Wildman–Crippen MR) is 59.5 cm³/mol. The van der Waals surface area contributed by atoms with E-state index in [9.17, 15) is 8.78 Å². The summed E-state index contributed by atoms with van der Waals surface area (Å²) in [5.41, 5.74) is 0.835. The average Bonchev–Trinajstić information content (AvgIpc) is 2.09. The first kappa shape index (κ1) is 12.4. The minimum Gasteiger partial charge on any atom is -0.207 e. The molecule has 0 amide bonds. The van der Waals surface area contributed by atoms with Gasteiger partial charge in [-0.25, -0.2) is 8.78 Å². The van der Waals surface area contributed by atoms with Crippen molar-refractivity contribution in [1.29, 1.82) is 0 Å². The summed E-state index contributed by atoms with van der Waals surface area (Å²) in [6.07, 6.45) is 0. The van der Waals surface area contributed by atoms with Crippen molar-refractivity contribution in [3.05, 3.63) is 33.9 Å². The lowest BCUT2D eigenvalue weighted by Crippen LogP contribution is -2.06. The standard InChI is InChI=1S/C12H15ClF2/c1-6(2)10-9(14)5-8(13)12(15)11(10)7(3)4/h5-7H,1-4H3. The van der Waals surface area contributed by atoms with Crippen LogP contribution in [0.15, 0.2) is 6.07 Å². The Bertz CT molecular complexity index is 370. The maximum Gasteiger partial charge on any atom is 0.145 e. The fraction of sp³-hybridized carbons (Fsp3) is 0.500. The van der Waals surface area contributed by atoms with Gasteiger partial charge in [-0.2, -0.15) is 0 Å². The first-order valence-corrected chi connectivity index (χ1v) is 5.41. The summed E-state index contributed by atoms with van der Waals surface area (Å²) >= 11 is 5.62. The highest BCUT2D eigenvalue weighted by Crippen LogP contribution is 2.34. The van der Waals surface area contributed by atoms with Crippen LogP contribution in [0.25, 0.3) is 0 Å². The second-order valence-electron chi connectivity index (χ2n) is 4.29. The first-order valence-electron chi connectivity index (χ1n) is 5.03. The Labute approximate surface area is 94.3 Å². The minimum absolute atomic E-state index is 0.0471. The third kappa shape index (κ3) is 2.31. The third-order valence-corrected chi connectivity index (χ3v) is 2.68. The Morgan fingerprint density at radius 2 is 1.47 bits per heavy atom. The van der Waals surface area contributed by atoms with Crippen LogP contribution in [0.5, 0.6) is 0 Å². The van der Waals surface area contributed by atoms with Gasteiger partial charge in [0.25, 0.3) is 0 Å². The summed E-state index contributed by atoms with van der Waals surface area (Å²) in [5, 5.41) is -0.138. The number of hydrogen-bond acceptors (Lipinski definition) is 0. The van der Waals surface area contributed by atoms with Crippen LogP contribution < -0.4 is 0 Å². The molecule has 0 aliphatic rings. The zero-order chi connectivity index (χ0) is 11.7. The van der Waals surface area contributed by atoms with Gasteiger partial charge in [0.2, 0.25) is 0 Å². The van der Waals surface area contributed by atoms with E-state index in [-0.39, 0.29) is 16.9 Å². The highest BCUT2D eigenvalue weighted by atomic mass is 35.5. The molecule has 0 aliphatic carbocycles. The van der Waals surface area contributed by atoms with Gasteiger partial charge >= 0.3 is 0 Å². The summed E-state index contributed by atoms with van der Waals surface area (Å²) in [5.74, 6) is -1.03. The molecule has 0 fully saturated rings. The molecular formula is C12H15ClF2. The van der Waals surface area contributed by atoms with Crippen molar-refractivity contribution in [2.24, 2.45) is 0 Å². The fourth-order valence-corrected chi connectivity index (χ4v) is 1.98. The summed E-state index contributed by atoms with van der Waals surface area (Å²) in [7, 11) is 0. The van der Waals surface area contributed by atoms with Gasteiger partial charge in [-0.15, -0.1) is 0 Å². The molecule has 0 saturated heterocycles. The van der Waals surface area contributed by atoms with Crippen molar-refractivity contribution in [1.82, 2.24) is 0 Å². The molecule has 1 aromatic carbocycles. The van der Waals surface area contributed by atoms with Crippen molar-refractivity contribution in [2.75, 3.05) is 0 Å². The molecule has 0 heterocycles. The fourth-order valence-electron chi connectivity index (χ4n) is 1.78. The largest absolute Gasteiger partial charge is 0.207 e. The van der Waals surface area contributed by atoms with Crippen molar-refractivity contribution in [2.45, 2.75) is 39.5 Å². The first-order chi connectivity index (χ1) is 6.86. The quantitative estimate of drug-likeness (QED) is 0.639. The SMILES string of the molecule is CC(C)c1c(F)cc(Cl)c(F)c1C(C)C. The summed E-state index contributed by atoms with van der Waals surface area (Å²) in [4.78, 5) is 0. The molecule has 0 saturated carbocycles. The molecule has 3 heteroatoms. The van der Waals surface area contributed by atoms with E-state index in [1.54, 1.807) is 0 Å². The number of rotatable bonds is 2. The van der Waals surface area contributed by atoms with E-state index in [1.807, 2.05) is 27.7 Å². The lowest BCUT2D eigenvalue weighted by Gasteiger charge is -2.18. The number of hydrogen-bond donors (Lipinski definition) is 0. The number of benzene rings is 1. The zero-order valence-electron chi connectivity index (χ0n) is 9.37. The van der Waals surface area contributed by atoms with Crippen LogP contribution >= 0.6 is 11.6 Å². The van der Waals surface area contributed by atoms with E-state index in [2.05, 4.69) is 0 Å².